The summed E-state index contributed by atoms with van der Waals surface area (Å²) in [6.07, 6.45) is 0.909. The molecule has 1 N–H and O–H groups in total. The van der Waals surface area contributed by atoms with E-state index in [1.54, 1.807) is 10.7 Å². The summed E-state index contributed by atoms with van der Waals surface area (Å²) in [6.45, 7) is 4.27. The Hall–Kier alpha value is -1.13. The van der Waals surface area contributed by atoms with E-state index in [0.717, 1.165) is 12.1 Å². The number of hydrogen-bond acceptors (Lipinski definition) is 1. The lowest BCUT2D eigenvalue weighted by Crippen LogP contribution is -2.00. The van der Waals surface area contributed by atoms with Crippen molar-refractivity contribution in [3.05, 3.63) is 45.4 Å². The fraction of sp³-hybridized carbons (Fsp3) is 0.308. The Labute approximate surface area is 115 Å². The molecular formula is C13H14ClFN2S. The first kappa shape index (κ1) is 13.3. The zero-order valence-corrected chi connectivity index (χ0v) is 11.8. The van der Waals surface area contributed by atoms with Gasteiger partial charge in [-0.15, -0.1) is 0 Å². The molecule has 1 aromatic carbocycles. The molecule has 0 amide bonds. The van der Waals surface area contributed by atoms with Crippen molar-refractivity contribution >= 4 is 23.8 Å². The lowest BCUT2D eigenvalue weighted by Gasteiger charge is -2.05. The smallest absolute Gasteiger partial charge is 0.143 e. The molecule has 0 aliphatic heterocycles. The molecule has 0 spiro atoms. The first-order valence-corrected chi connectivity index (χ1v) is 6.52. The highest BCUT2D eigenvalue weighted by Crippen LogP contribution is 2.19. The summed E-state index contributed by atoms with van der Waals surface area (Å²) in [6, 6.07) is 6.53. The van der Waals surface area contributed by atoms with E-state index >= 15 is 0 Å². The van der Waals surface area contributed by atoms with Gasteiger partial charge >= 0.3 is 0 Å². The van der Waals surface area contributed by atoms with Crippen LogP contribution in [0.5, 0.6) is 0 Å². The lowest BCUT2D eigenvalue weighted by molar-refractivity contribution is 0.620. The maximum Gasteiger partial charge on any atom is 0.143 e. The number of hydrogen-bond donors (Lipinski definition) is 1. The van der Waals surface area contributed by atoms with Crippen molar-refractivity contribution in [3.8, 4) is 5.69 Å². The van der Waals surface area contributed by atoms with Crippen LogP contribution >= 0.6 is 23.8 Å². The van der Waals surface area contributed by atoms with Gasteiger partial charge in [-0.25, -0.2) is 9.07 Å². The second kappa shape index (κ2) is 5.24. The molecule has 5 heteroatoms. The molecule has 2 rings (SSSR count). The summed E-state index contributed by atoms with van der Waals surface area (Å²) < 4.78 is 15.7. The molecule has 0 saturated carbocycles. The fourth-order valence-electron chi connectivity index (χ4n) is 1.80. The molecule has 0 saturated heterocycles. The van der Waals surface area contributed by atoms with Crippen LogP contribution < -0.4 is 0 Å². The fourth-order valence-corrected chi connectivity index (χ4v) is 2.22. The van der Waals surface area contributed by atoms with E-state index in [1.807, 2.05) is 6.07 Å². The minimum Gasteiger partial charge on any atom is -0.297 e. The lowest BCUT2D eigenvalue weighted by atomic mass is 10.1. The van der Waals surface area contributed by atoms with Gasteiger partial charge in [-0.05, 0) is 30.5 Å². The van der Waals surface area contributed by atoms with E-state index in [9.17, 15) is 4.39 Å². The minimum absolute atomic E-state index is 0.110. The highest BCUT2D eigenvalue weighted by Gasteiger charge is 2.07. The Morgan fingerprint density at radius 3 is 2.72 bits per heavy atom. The van der Waals surface area contributed by atoms with Gasteiger partial charge in [-0.1, -0.05) is 37.7 Å². The normalized spacial score (nSPS) is 11.2. The molecule has 1 heterocycles. The summed E-state index contributed by atoms with van der Waals surface area (Å²) in [4.78, 5) is 0. The quantitative estimate of drug-likeness (QED) is 0.822. The van der Waals surface area contributed by atoms with Gasteiger partial charge in [0.1, 0.15) is 10.5 Å². The first-order valence-electron chi connectivity index (χ1n) is 5.73. The van der Waals surface area contributed by atoms with Gasteiger partial charge in [0.2, 0.25) is 0 Å². The molecule has 0 radical (unpaired) electrons. The third-order valence-corrected chi connectivity index (χ3v) is 3.17. The maximum atomic E-state index is 13.4. The number of benzene rings is 1. The van der Waals surface area contributed by atoms with Crippen molar-refractivity contribution in [2.24, 2.45) is 5.92 Å². The Morgan fingerprint density at radius 2 is 2.11 bits per heavy atom. The predicted molar refractivity (Wildman–Crippen MR) is 74.5 cm³/mol. The van der Waals surface area contributed by atoms with Crippen molar-refractivity contribution in [1.29, 1.82) is 0 Å². The summed E-state index contributed by atoms with van der Waals surface area (Å²) in [5.41, 5.74) is 1.70. The van der Waals surface area contributed by atoms with Gasteiger partial charge < -0.3 is 0 Å². The van der Waals surface area contributed by atoms with E-state index < -0.39 is 5.82 Å². The van der Waals surface area contributed by atoms with Crippen LogP contribution in [0.15, 0.2) is 24.3 Å². The third kappa shape index (κ3) is 2.82. The average Bonchev–Trinajstić information content (AvgIpc) is 2.62. The molecular weight excluding hydrogens is 271 g/mol. The monoisotopic (exact) mass is 284 g/mol. The highest BCUT2D eigenvalue weighted by molar-refractivity contribution is 7.71. The minimum atomic E-state index is -0.448. The topological polar surface area (TPSA) is 20.7 Å². The molecule has 0 aliphatic carbocycles. The molecule has 2 nitrogen and oxygen atoms in total. The van der Waals surface area contributed by atoms with Crippen molar-refractivity contribution < 1.29 is 4.39 Å². The second-order valence-electron chi connectivity index (χ2n) is 4.65. The SMILES string of the molecule is CC(C)Cc1cc(=S)n(-c2ccc(Cl)c(F)c2)[nH]1. The summed E-state index contributed by atoms with van der Waals surface area (Å²) >= 11 is 10.9. The van der Waals surface area contributed by atoms with Gasteiger partial charge in [0.05, 0.1) is 10.7 Å². The second-order valence-corrected chi connectivity index (χ2v) is 5.48. The zero-order chi connectivity index (χ0) is 13.3. The van der Waals surface area contributed by atoms with Crippen LogP contribution in [0.3, 0.4) is 0 Å². The molecule has 0 bridgehead atoms. The molecule has 1 aromatic heterocycles. The van der Waals surface area contributed by atoms with Crippen LogP contribution in [0.1, 0.15) is 19.5 Å². The van der Waals surface area contributed by atoms with Crippen LogP contribution in [0.4, 0.5) is 4.39 Å². The van der Waals surface area contributed by atoms with Crippen LogP contribution in [0.2, 0.25) is 5.02 Å². The average molecular weight is 285 g/mol. The summed E-state index contributed by atoms with van der Waals surface area (Å²) in [5.74, 6) is 0.0875. The number of nitrogens with zero attached hydrogens (tertiary/aromatic N) is 1. The van der Waals surface area contributed by atoms with Gasteiger partial charge in [0.15, 0.2) is 0 Å². The van der Waals surface area contributed by atoms with Crippen molar-refractivity contribution in [2.45, 2.75) is 20.3 Å². The Balaban J connectivity index is 2.41. The van der Waals surface area contributed by atoms with Gasteiger partial charge in [0.25, 0.3) is 0 Å². The highest BCUT2D eigenvalue weighted by atomic mass is 35.5. The van der Waals surface area contributed by atoms with Gasteiger partial charge in [0, 0.05) is 11.8 Å². The van der Waals surface area contributed by atoms with E-state index in [0.29, 0.717) is 16.2 Å². The number of nitrogens with one attached hydrogen (secondary N) is 1. The van der Waals surface area contributed by atoms with E-state index in [1.165, 1.54) is 12.1 Å². The van der Waals surface area contributed by atoms with Crippen LogP contribution in [-0.4, -0.2) is 9.78 Å². The molecule has 2 aromatic rings. The molecule has 0 unspecified atom stereocenters. The standard InChI is InChI=1S/C13H14ClFN2S/c1-8(2)5-9-6-13(18)17(16-9)10-3-4-11(14)12(15)7-10/h3-4,6-8,16H,5H2,1-2H3. The Kier molecular flexibility index (Phi) is 3.88. The molecule has 0 atom stereocenters. The van der Waals surface area contributed by atoms with Crippen LogP contribution in [0, 0.1) is 16.4 Å². The Morgan fingerprint density at radius 1 is 1.39 bits per heavy atom. The van der Waals surface area contributed by atoms with Crippen molar-refractivity contribution in [3.63, 3.8) is 0 Å². The van der Waals surface area contributed by atoms with Gasteiger partial charge in [-0.2, -0.15) is 0 Å². The zero-order valence-electron chi connectivity index (χ0n) is 10.2. The van der Waals surface area contributed by atoms with Crippen molar-refractivity contribution in [2.75, 3.05) is 0 Å². The van der Waals surface area contributed by atoms with E-state index in [2.05, 4.69) is 18.9 Å². The van der Waals surface area contributed by atoms with E-state index in [-0.39, 0.29) is 5.02 Å². The van der Waals surface area contributed by atoms with Gasteiger partial charge in [-0.3, -0.25) is 5.10 Å². The maximum absolute atomic E-state index is 13.4. The van der Waals surface area contributed by atoms with E-state index in [4.69, 9.17) is 23.8 Å². The largest absolute Gasteiger partial charge is 0.297 e. The van der Waals surface area contributed by atoms with Crippen molar-refractivity contribution in [1.82, 2.24) is 9.78 Å². The molecule has 0 fully saturated rings. The number of H-pyrrole nitrogens is 1. The number of aromatic nitrogens is 2. The molecule has 96 valence electrons. The third-order valence-electron chi connectivity index (χ3n) is 2.56. The predicted octanol–water partition coefficient (Wildman–Crippen LogP) is 4.53. The Bertz CT molecular complexity index is 616. The number of halogens is 2. The molecule has 18 heavy (non-hydrogen) atoms. The number of aromatic amines is 1. The van der Waals surface area contributed by atoms with Crippen LogP contribution in [-0.2, 0) is 6.42 Å². The first-order chi connectivity index (χ1) is 8.47. The number of rotatable bonds is 3. The summed E-state index contributed by atoms with van der Waals surface area (Å²) in [7, 11) is 0. The molecule has 0 aliphatic rings. The van der Waals surface area contributed by atoms with Crippen LogP contribution in [0.25, 0.3) is 5.69 Å². The summed E-state index contributed by atoms with van der Waals surface area (Å²) in [5, 5.41) is 3.29.